The molecule has 0 bridgehead atoms. The molecule has 22 heteroatoms. The monoisotopic (exact) mass is 1110 g/mol. The maximum Gasteiger partial charge on any atom is 0.341 e. The standard InChI is InChI=1S/C58H64O22/c1-4-48(59)73-32-34-75-52(63)26-24-50(61)71-30-28-37-6-18-43(19-7-37)77-54(65)39-10-12-41(13-11-39)56(67)79-45-22-23-47(46(36-45)58(69)70-3)80-57(68)42-16-14-40(15-17-42)55(66)78-44-20-8-38(9-21-44)29-31-72-51(62)25-27-53(64)76-35-33-74-49(60)5-2/h4-9,18-23,36,39-42H,1-2,10-17,24-35H2,3H3/t39-,40-,41-,42-. The van der Waals surface area contributed by atoms with Crippen molar-refractivity contribution in [1.82, 2.24) is 0 Å². The van der Waals surface area contributed by atoms with Gasteiger partial charge >= 0.3 is 65.7 Å². The van der Waals surface area contributed by atoms with Gasteiger partial charge in [-0.05, 0) is 105 Å². The molecule has 80 heavy (non-hydrogen) atoms. The van der Waals surface area contributed by atoms with E-state index in [9.17, 15) is 52.7 Å². The molecule has 3 aromatic rings. The summed E-state index contributed by atoms with van der Waals surface area (Å²) in [5.74, 6) is -8.16. The first kappa shape index (κ1) is 62.2. The SMILES string of the molecule is C=CC(=O)OCCOC(=O)CCC(=O)OCCc1ccc(OC(=O)[C@H]2CC[C@H](C(=O)Oc3ccc(OC(=O)[C@H]4CC[C@H](C(=O)Oc5ccc(CCOC(=O)CCC(=O)OCCOC(=O)C=C)cc5)CC4)c(C(=O)OC)c3)CC2)cc1. The molecule has 5 rings (SSSR count). The molecule has 2 saturated carbocycles. The van der Waals surface area contributed by atoms with E-state index in [1.54, 1.807) is 48.5 Å². The quantitative estimate of drug-likeness (QED) is 0.0239. The molecule has 3 aromatic carbocycles. The summed E-state index contributed by atoms with van der Waals surface area (Å²) in [5.41, 5.74) is 1.46. The number of ether oxygens (including phenoxy) is 11. The first-order valence-electron chi connectivity index (χ1n) is 26.0. The van der Waals surface area contributed by atoms with E-state index in [0.29, 0.717) is 75.7 Å². The highest BCUT2D eigenvalue weighted by Gasteiger charge is 2.35. The van der Waals surface area contributed by atoms with Crippen LogP contribution in [0.1, 0.15) is 98.5 Å². The van der Waals surface area contributed by atoms with Gasteiger partial charge in [-0.2, -0.15) is 0 Å². The van der Waals surface area contributed by atoms with E-state index in [2.05, 4.69) is 13.2 Å². The first-order valence-corrected chi connectivity index (χ1v) is 26.0. The van der Waals surface area contributed by atoms with E-state index < -0.39 is 89.3 Å². The molecule has 0 aliphatic heterocycles. The number of rotatable bonds is 29. The molecule has 0 aromatic heterocycles. The van der Waals surface area contributed by atoms with Gasteiger partial charge in [-0.1, -0.05) is 37.4 Å². The van der Waals surface area contributed by atoms with Crippen molar-refractivity contribution in [2.75, 3.05) is 46.8 Å². The van der Waals surface area contributed by atoms with Crippen LogP contribution in [0.2, 0.25) is 0 Å². The van der Waals surface area contributed by atoms with Crippen LogP contribution in [0.5, 0.6) is 23.0 Å². The van der Waals surface area contributed by atoms with Crippen molar-refractivity contribution < 1.29 is 105 Å². The minimum Gasteiger partial charge on any atom is -0.465 e. The lowest BCUT2D eigenvalue weighted by atomic mass is 9.82. The van der Waals surface area contributed by atoms with Crippen LogP contribution in [-0.4, -0.2) is 112 Å². The lowest BCUT2D eigenvalue weighted by Gasteiger charge is -2.26. The van der Waals surface area contributed by atoms with Crippen molar-refractivity contribution >= 4 is 65.7 Å². The van der Waals surface area contributed by atoms with Crippen LogP contribution >= 0.6 is 0 Å². The summed E-state index contributed by atoms with van der Waals surface area (Å²) >= 11 is 0. The predicted molar refractivity (Wildman–Crippen MR) is 276 cm³/mol. The van der Waals surface area contributed by atoms with Crippen LogP contribution in [0.25, 0.3) is 0 Å². The second kappa shape index (κ2) is 32.9. The Bertz CT molecular complexity index is 2670. The first-order chi connectivity index (χ1) is 38.5. The summed E-state index contributed by atoms with van der Waals surface area (Å²) in [4.78, 5) is 135. The summed E-state index contributed by atoms with van der Waals surface area (Å²) in [5, 5.41) is 0. The van der Waals surface area contributed by atoms with Crippen molar-refractivity contribution in [3.63, 3.8) is 0 Å². The normalized spacial score (nSPS) is 16.4. The highest BCUT2D eigenvalue weighted by atomic mass is 16.6. The number of methoxy groups -OCH3 is 1. The summed E-state index contributed by atoms with van der Waals surface area (Å²) in [6, 6.07) is 17.3. The van der Waals surface area contributed by atoms with Crippen LogP contribution in [0.3, 0.4) is 0 Å². The Balaban J connectivity index is 0.964. The van der Waals surface area contributed by atoms with Gasteiger partial charge in [0.1, 0.15) is 55.0 Å². The molecule has 0 radical (unpaired) electrons. The topological polar surface area (TPSA) is 289 Å². The smallest absolute Gasteiger partial charge is 0.341 e. The molecule has 2 aliphatic carbocycles. The number of carbonyl (C=O) groups is 11. The Morgan fingerprint density at radius 1 is 0.412 bits per heavy atom. The maximum absolute atomic E-state index is 13.4. The molecule has 0 spiro atoms. The second-order valence-electron chi connectivity index (χ2n) is 18.3. The number of esters is 11. The largest absolute Gasteiger partial charge is 0.465 e. The zero-order chi connectivity index (χ0) is 57.8. The predicted octanol–water partition coefficient (Wildman–Crippen LogP) is 6.38. The molecule has 0 N–H and O–H groups in total. The number of hydrogen-bond acceptors (Lipinski definition) is 22. The van der Waals surface area contributed by atoms with Crippen molar-refractivity contribution in [3.05, 3.63) is 109 Å². The highest BCUT2D eigenvalue weighted by molar-refractivity contribution is 5.94. The molecule has 0 saturated heterocycles. The Hall–Kier alpha value is -8.69. The fraction of sp³-hybridized carbons (Fsp3) is 0.431. The van der Waals surface area contributed by atoms with E-state index >= 15 is 0 Å². The Morgan fingerprint density at radius 3 is 1.07 bits per heavy atom. The van der Waals surface area contributed by atoms with E-state index in [4.69, 9.17) is 52.1 Å². The maximum atomic E-state index is 13.4. The average molecular weight is 1110 g/mol. The highest BCUT2D eigenvalue weighted by Crippen LogP contribution is 2.35. The Labute approximate surface area is 461 Å². The summed E-state index contributed by atoms with van der Waals surface area (Å²) in [6.45, 7) is 6.07. The Kier molecular flexibility index (Phi) is 25.6. The fourth-order valence-electron chi connectivity index (χ4n) is 8.27. The van der Waals surface area contributed by atoms with Crippen LogP contribution < -0.4 is 18.9 Å². The molecule has 428 valence electrons. The van der Waals surface area contributed by atoms with Gasteiger partial charge in [0.2, 0.25) is 0 Å². The van der Waals surface area contributed by atoms with Gasteiger partial charge in [0, 0.05) is 25.0 Å². The summed E-state index contributed by atoms with van der Waals surface area (Å²) < 4.78 is 57.0. The minimum absolute atomic E-state index is 0.0201. The van der Waals surface area contributed by atoms with Crippen molar-refractivity contribution in [1.29, 1.82) is 0 Å². The zero-order valence-corrected chi connectivity index (χ0v) is 44.4. The molecule has 0 heterocycles. The molecule has 2 aliphatic rings. The number of benzene rings is 3. The number of hydrogen-bond donors (Lipinski definition) is 0. The van der Waals surface area contributed by atoms with Gasteiger partial charge < -0.3 is 52.1 Å². The average Bonchev–Trinajstić information content (AvgIpc) is 3.50. The fourth-order valence-corrected chi connectivity index (χ4v) is 8.27. The van der Waals surface area contributed by atoms with Crippen LogP contribution in [0.15, 0.2) is 92.0 Å². The van der Waals surface area contributed by atoms with Crippen molar-refractivity contribution in [2.24, 2.45) is 23.7 Å². The third kappa shape index (κ3) is 21.6. The van der Waals surface area contributed by atoms with Crippen LogP contribution in [0, 0.1) is 23.7 Å². The van der Waals surface area contributed by atoms with E-state index in [0.717, 1.165) is 30.4 Å². The molecular formula is C58H64O22. The summed E-state index contributed by atoms with van der Waals surface area (Å²) in [7, 11) is 1.15. The minimum atomic E-state index is -0.836. The van der Waals surface area contributed by atoms with Gasteiger partial charge in [-0.3, -0.25) is 38.4 Å². The lowest BCUT2D eigenvalue weighted by Crippen LogP contribution is -2.31. The zero-order valence-electron chi connectivity index (χ0n) is 44.4. The van der Waals surface area contributed by atoms with Crippen LogP contribution in [0.4, 0.5) is 0 Å². The van der Waals surface area contributed by atoms with Gasteiger partial charge in [-0.25, -0.2) is 14.4 Å². The lowest BCUT2D eigenvalue weighted by molar-refractivity contribution is -0.152. The third-order valence-corrected chi connectivity index (χ3v) is 12.7. The van der Waals surface area contributed by atoms with Gasteiger partial charge in [-0.15, -0.1) is 0 Å². The van der Waals surface area contributed by atoms with E-state index in [1.807, 2.05) is 0 Å². The summed E-state index contributed by atoms with van der Waals surface area (Å²) in [6.07, 6.45) is 4.68. The third-order valence-electron chi connectivity index (χ3n) is 12.7. The van der Waals surface area contributed by atoms with Crippen molar-refractivity contribution in [3.8, 4) is 23.0 Å². The molecule has 22 nitrogen and oxygen atoms in total. The molecule has 0 atom stereocenters. The molecule has 2 fully saturated rings. The van der Waals surface area contributed by atoms with Crippen molar-refractivity contribution in [2.45, 2.75) is 89.9 Å². The second-order valence-corrected chi connectivity index (χ2v) is 18.3. The molecular weight excluding hydrogens is 1050 g/mol. The number of carbonyl (C=O) groups excluding carboxylic acids is 11. The van der Waals surface area contributed by atoms with E-state index in [1.165, 1.54) is 18.2 Å². The van der Waals surface area contributed by atoms with Crippen LogP contribution in [-0.2, 0) is 93.9 Å². The van der Waals surface area contributed by atoms with Gasteiger partial charge in [0.05, 0.1) is 69.7 Å². The molecule has 0 amide bonds. The van der Waals surface area contributed by atoms with E-state index in [-0.39, 0.29) is 82.4 Å². The Morgan fingerprint density at radius 2 is 0.725 bits per heavy atom. The van der Waals surface area contributed by atoms with Gasteiger partial charge in [0.15, 0.2) is 0 Å². The molecule has 0 unspecified atom stereocenters. The van der Waals surface area contributed by atoms with Gasteiger partial charge in [0.25, 0.3) is 0 Å².